The van der Waals surface area contributed by atoms with Crippen molar-refractivity contribution in [2.24, 2.45) is 5.92 Å². The quantitative estimate of drug-likeness (QED) is 0.588. The fraction of sp³-hybridized carbons (Fsp3) is 0.500. The molecule has 0 unspecified atom stereocenters. The first kappa shape index (κ1) is 24.7. The second-order valence-corrected chi connectivity index (χ2v) is 8.45. The summed E-state index contributed by atoms with van der Waals surface area (Å²) in [6, 6.07) is 11.5. The summed E-state index contributed by atoms with van der Waals surface area (Å²) in [5.41, 5.74) is 1.97. The van der Waals surface area contributed by atoms with Crippen molar-refractivity contribution in [2.75, 3.05) is 47.5 Å². The molecule has 7 nitrogen and oxygen atoms in total. The van der Waals surface area contributed by atoms with Crippen molar-refractivity contribution in [2.45, 2.75) is 32.7 Å². The van der Waals surface area contributed by atoms with Gasteiger partial charge < -0.3 is 24.2 Å². The van der Waals surface area contributed by atoms with Crippen molar-refractivity contribution in [3.63, 3.8) is 0 Å². The van der Waals surface area contributed by atoms with Crippen LogP contribution in [0.15, 0.2) is 36.4 Å². The highest BCUT2D eigenvalue weighted by Crippen LogP contribution is 2.32. The minimum atomic E-state index is 0.0417. The predicted molar refractivity (Wildman–Crippen MR) is 128 cm³/mol. The van der Waals surface area contributed by atoms with E-state index in [2.05, 4.69) is 4.90 Å². The monoisotopic (exact) mass is 456 g/mol. The Hall–Kier alpha value is -2.93. The third-order valence-electron chi connectivity index (χ3n) is 6.27. The number of hydrogen-bond acceptors (Lipinski definition) is 6. The van der Waals surface area contributed by atoms with Crippen LogP contribution in [-0.4, -0.2) is 68.3 Å². The zero-order valence-electron chi connectivity index (χ0n) is 20.2. The van der Waals surface area contributed by atoms with Gasteiger partial charge in [-0.25, -0.2) is 0 Å². The molecule has 1 saturated heterocycles. The van der Waals surface area contributed by atoms with Crippen molar-refractivity contribution in [3.05, 3.63) is 47.5 Å². The van der Waals surface area contributed by atoms with Crippen LogP contribution in [-0.2, 0) is 17.8 Å². The Kier molecular flexibility index (Phi) is 8.83. The largest absolute Gasteiger partial charge is 0.504 e. The average Bonchev–Trinajstić information content (AvgIpc) is 2.84. The minimum absolute atomic E-state index is 0.0417. The molecule has 33 heavy (non-hydrogen) atoms. The molecule has 180 valence electrons. The molecule has 2 aromatic carbocycles. The molecule has 2 aromatic rings. The molecular weight excluding hydrogens is 420 g/mol. The summed E-state index contributed by atoms with van der Waals surface area (Å²) >= 11 is 0. The zero-order valence-corrected chi connectivity index (χ0v) is 20.2. The summed E-state index contributed by atoms with van der Waals surface area (Å²) in [7, 11) is 5.13. The molecule has 0 aliphatic carbocycles. The number of likely N-dealkylation sites (N-methyl/N-ethyl adjacent to an activating group) is 1. The van der Waals surface area contributed by atoms with E-state index in [0.717, 1.165) is 43.5 Å². The Balaban J connectivity index is 1.48. The van der Waals surface area contributed by atoms with Crippen LogP contribution in [0.5, 0.6) is 23.0 Å². The molecule has 1 amide bonds. The van der Waals surface area contributed by atoms with E-state index in [1.165, 1.54) is 0 Å². The number of methoxy groups -OCH3 is 2. The number of phenols is 1. The van der Waals surface area contributed by atoms with Gasteiger partial charge in [0.1, 0.15) is 0 Å². The first-order chi connectivity index (χ1) is 16.0. The normalized spacial score (nSPS) is 14.7. The molecule has 1 N–H and O–H groups in total. The van der Waals surface area contributed by atoms with Gasteiger partial charge in [0.2, 0.25) is 5.91 Å². The number of rotatable bonds is 10. The molecule has 1 aliphatic rings. The third-order valence-corrected chi connectivity index (χ3v) is 6.27. The molecule has 0 atom stereocenters. The van der Waals surface area contributed by atoms with Crippen molar-refractivity contribution >= 4 is 5.91 Å². The molecule has 1 heterocycles. The molecule has 7 heteroatoms. The molecular formula is C26H36N2O5. The number of para-hydroxylation sites is 1. The SMILES string of the molecule is CCOc1cccc(CN2CCC(C(=O)N(C)CCc3ccc(OC)c(OC)c3)CC2)c1O. The number of carbonyl (C=O) groups is 1. The molecule has 0 bridgehead atoms. The van der Waals surface area contributed by atoms with E-state index < -0.39 is 0 Å². The van der Waals surface area contributed by atoms with E-state index in [4.69, 9.17) is 14.2 Å². The summed E-state index contributed by atoms with van der Waals surface area (Å²) in [5, 5.41) is 10.5. The Morgan fingerprint density at radius 2 is 1.82 bits per heavy atom. The van der Waals surface area contributed by atoms with Gasteiger partial charge in [-0.3, -0.25) is 9.69 Å². The van der Waals surface area contributed by atoms with Crippen LogP contribution in [0.2, 0.25) is 0 Å². The maximum absolute atomic E-state index is 13.0. The van der Waals surface area contributed by atoms with Crippen LogP contribution in [0.4, 0.5) is 0 Å². The fourth-order valence-electron chi connectivity index (χ4n) is 4.30. The summed E-state index contributed by atoms with van der Waals surface area (Å²) in [5.74, 6) is 2.39. The Morgan fingerprint density at radius 3 is 2.48 bits per heavy atom. The number of amides is 1. The predicted octanol–water partition coefficient (Wildman–Crippen LogP) is 3.72. The summed E-state index contributed by atoms with van der Waals surface area (Å²) in [6.45, 7) is 5.40. The van der Waals surface area contributed by atoms with Crippen LogP contribution in [0.1, 0.15) is 30.9 Å². The zero-order chi connectivity index (χ0) is 23.8. The number of nitrogens with zero attached hydrogens (tertiary/aromatic N) is 2. The Morgan fingerprint density at radius 1 is 1.09 bits per heavy atom. The fourth-order valence-corrected chi connectivity index (χ4v) is 4.30. The highest BCUT2D eigenvalue weighted by Gasteiger charge is 2.27. The topological polar surface area (TPSA) is 71.5 Å². The molecule has 1 fully saturated rings. The van der Waals surface area contributed by atoms with E-state index in [1.807, 2.05) is 49.2 Å². The molecule has 1 aliphatic heterocycles. The first-order valence-electron chi connectivity index (χ1n) is 11.6. The van der Waals surface area contributed by atoms with Crippen LogP contribution in [0, 0.1) is 5.92 Å². The smallest absolute Gasteiger partial charge is 0.225 e. The van der Waals surface area contributed by atoms with Gasteiger partial charge in [-0.15, -0.1) is 0 Å². The van der Waals surface area contributed by atoms with Crippen molar-refractivity contribution < 1.29 is 24.1 Å². The number of ether oxygens (including phenoxy) is 3. The lowest BCUT2D eigenvalue weighted by molar-refractivity contribution is -0.135. The van der Waals surface area contributed by atoms with Crippen LogP contribution < -0.4 is 14.2 Å². The van der Waals surface area contributed by atoms with Crippen LogP contribution in [0.25, 0.3) is 0 Å². The summed E-state index contributed by atoms with van der Waals surface area (Å²) in [6.07, 6.45) is 2.41. The van der Waals surface area contributed by atoms with E-state index in [1.54, 1.807) is 20.3 Å². The molecule has 0 saturated carbocycles. The standard InChI is InChI=1S/C26H36N2O5/c1-5-33-23-8-6-7-21(25(23)29)18-28-15-12-20(13-16-28)26(30)27(2)14-11-19-9-10-22(31-3)24(17-19)32-4/h6-10,17,20,29H,5,11-16,18H2,1-4H3. The van der Waals surface area contributed by atoms with Gasteiger partial charge in [0.05, 0.1) is 20.8 Å². The van der Waals surface area contributed by atoms with Crippen molar-refractivity contribution in [1.29, 1.82) is 0 Å². The number of likely N-dealkylation sites (tertiary alicyclic amines) is 1. The Labute approximate surface area is 196 Å². The van der Waals surface area contributed by atoms with E-state index in [0.29, 0.717) is 36.9 Å². The highest BCUT2D eigenvalue weighted by atomic mass is 16.5. The van der Waals surface area contributed by atoms with Crippen molar-refractivity contribution in [1.82, 2.24) is 9.80 Å². The number of aromatic hydroxyl groups is 1. The van der Waals surface area contributed by atoms with E-state index >= 15 is 0 Å². The highest BCUT2D eigenvalue weighted by molar-refractivity contribution is 5.78. The number of phenolic OH excluding ortho intramolecular Hbond substituents is 1. The van der Waals surface area contributed by atoms with Crippen molar-refractivity contribution in [3.8, 4) is 23.0 Å². The Bertz CT molecular complexity index is 925. The maximum Gasteiger partial charge on any atom is 0.225 e. The number of benzene rings is 2. The second-order valence-electron chi connectivity index (χ2n) is 8.45. The van der Waals surface area contributed by atoms with E-state index in [9.17, 15) is 9.90 Å². The number of carbonyl (C=O) groups excluding carboxylic acids is 1. The van der Waals surface area contributed by atoms with E-state index in [-0.39, 0.29) is 17.6 Å². The minimum Gasteiger partial charge on any atom is -0.504 e. The number of piperidine rings is 1. The van der Waals surface area contributed by atoms with Gasteiger partial charge in [-0.2, -0.15) is 0 Å². The summed E-state index contributed by atoms with van der Waals surface area (Å²) < 4.78 is 16.2. The molecule has 0 aromatic heterocycles. The summed E-state index contributed by atoms with van der Waals surface area (Å²) in [4.78, 5) is 17.1. The maximum atomic E-state index is 13.0. The van der Waals surface area contributed by atoms with Gasteiger partial charge in [-0.1, -0.05) is 18.2 Å². The molecule has 3 rings (SSSR count). The second kappa shape index (κ2) is 11.8. The number of hydrogen-bond donors (Lipinski definition) is 1. The van der Waals surface area contributed by atoms with Gasteiger partial charge in [-0.05, 0) is 63.0 Å². The average molecular weight is 457 g/mol. The third kappa shape index (κ3) is 6.32. The lowest BCUT2D eigenvalue weighted by Gasteiger charge is -2.33. The molecule has 0 spiro atoms. The van der Waals surface area contributed by atoms with Crippen LogP contribution in [0.3, 0.4) is 0 Å². The van der Waals surface area contributed by atoms with Gasteiger partial charge in [0.15, 0.2) is 23.0 Å². The van der Waals surface area contributed by atoms with Gasteiger partial charge in [0, 0.05) is 31.6 Å². The van der Waals surface area contributed by atoms with Crippen LogP contribution >= 0.6 is 0 Å². The first-order valence-corrected chi connectivity index (χ1v) is 11.6. The lowest BCUT2D eigenvalue weighted by Crippen LogP contribution is -2.41. The lowest BCUT2D eigenvalue weighted by atomic mass is 9.94. The molecule has 0 radical (unpaired) electrons. The van der Waals surface area contributed by atoms with Gasteiger partial charge >= 0.3 is 0 Å². The van der Waals surface area contributed by atoms with Gasteiger partial charge in [0.25, 0.3) is 0 Å².